The van der Waals surface area contributed by atoms with Crippen molar-refractivity contribution in [3.8, 4) is 5.69 Å². The van der Waals surface area contributed by atoms with Gasteiger partial charge in [-0.05, 0) is 36.2 Å². The highest BCUT2D eigenvalue weighted by atomic mass is 19.1. The van der Waals surface area contributed by atoms with Crippen LogP contribution >= 0.6 is 0 Å². The first-order chi connectivity index (χ1) is 16.0. The molecule has 0 bridgehead atoms. The van der Waals surface area contributed by atoms with Crippen molar-refractivity contribution in [3.63, 3.8) is 0 Å². The number of fused-ring (bicyclic) bond motifs is 1. The maximum Gasteiger partial charge on any atom is 0.337 e. The van der Waals surface area contributed by atoms with E-state index in [0.29, 0.717) is 11.3 Å². The van der Waals surface area contributed by atoms with Gasteiger partial charge in [0.25, 0.3) is 5.56 Å². The summed E-state index contributed by atoms with van der Waals surface area (Å²) in [5.74, 6) is -0.365. The standard InChI is InChI=1S/C26H21FN4O2/c1-18-8-7-12-21(14-18)31-24-23(29(17-28-24)16-20-11-5-6-13-22(20)27)25(32)30(26(31)33)15-19-9-3-2-4-10-19/h2-14,17H,15-16H2,1H3. The number of nitrogens with zero attached hydrogens (tertiary/aromatic N) is 4. The van der Waals surface area contributed by atoms with E-state index in [2.05, 4.69) is 4.98 Å². The zero-order chi connectivity index (χ0) is 22.9. The molecule has 0 N–H and O–H groups in total. The maximum atomic E-state index is 14.3. The Hall–Kier alpha value is -4.26. The minimum atomic E-state index is -0.474. The minimum Gasteiger partial charge on any atom is -0.320 e. The Labute approximate surface area is 188 Å². The zero-order valence-corrected chi connectivity index (χ0v) is 18.0. The van der Waals surface area contributed by atoms with Gasteiger partial charge in [-0.15, -0.1) is 0 Å². The van der Waals surface area contributed by atoms with Crippen molar-refractivity contribution in [3.05, 3.63) is 129 Å². The maximum absolute atomic E-state index is 14.3. The number of rotatable bonds is 5. The third-order valence-electron chi connectivity index (χ3n) is 5.64. The molecule has 6 nitrogen and oxygen atoms in total. The van der Waals surface area contributed by atoms with Gasteiger partial charge in [0.15, 0.2) is 11.2 Å². The van der Waals surface area contributed by atoms with E-state index in [0.717, 1.165) is 11.1 Å². The van der Waals surface area contributed by atoms with Crippen molar-refractivity contribution in [2.75, 3.05) is 0 Å². The van der Waals surface area contributed by atoms with Gasteiger partial charge in [0, 0.05) is 5.56 Å². The summed E-state index contributed by atoms with van der Waals surface area (Å²) in [4.78, 5) is 31.5. The highest BCUT2D eigenvalue weighted by Crippen LogP contribution is 2.17. The van der Waals surface area contributed by atoms with Gasteiger partial charge in [0.05, 0.1) is 25.1 Å². The first kappa shape index (κ1) is 20.6. The van der Waals surface area contributed by atoms with Crippen LogP contribution in [-0.4, -0.2) is 18.7 Å². The Morgan fingerprint density at radius 1 is 0.879 bits per heavy atom. The Morgan fingerprint density at radius 2 is 1.64 bits per heavy atom. The van der Waals surface area contributed by atoms with Crippen LogP contribution in [0.2, 0.25) is 0 Å². The second-order valence-corrected chi connectivity index (χ2v) is 7.97. The van der Waals surface area contributed by atoms with E-state index in [1.807, 2.05) is 55.5 Å². The first-order valence-electron chi connectivity index (χ1n) is 10.6. The number of aryl methyl sites for hydroxylation is 1. The number of halogens is 1. The molecule has 5 aromatic rings. The Balaban J connectivity index is 1.78. The summed E-state index contributed by atoms with van der Waals surface area (Å²) in [6.45, 7) is 2.17. The topological polar surface area (TPSA) is 61.8 Å². The number of imidazole rings is 1. The Morgan fingerprint density at radius 3 is 2.39 bits per heavy atom. The predicted octanol–water partition coefficient (Wildman–Crippen LogP) is 3.89. The normalized spacial score (nSPS) is 11.2. The molecule has 2 aromatic heterocycles. The van der Waals surface area contributed by atoms with Crippen LogP contribution in [0.1, 0.15) is 16.7 Å². The summed E-state index contributed by atoms with van der Waals surface area (Å²) < 4.78 is 18.6. The van der Waals surface area contributed by atoms with E-state index in [1.54, 1.807) is 28.8 Å². The van der Waals surface area contributed by atoms with Gasteiger partial charge < -0.3 is 4.57 Å². The molecule has 0 saturated carbocycles. The lowest BCUT2D eigenvalue weighted by molar-refractivity contribution is 0.600. The van der Waals surface area contributed by atoms with Crippen molar-refractivity contribution in [1.82, 2.24) is 18.7 Å². The molecule has 2 heterocycles. The molecule has 3 aromatic carbocycles. The average Bonchev–Trinajstić information content (AvgIpc) is 3.22. The third-order valence-corrected chi connectivity index (χ3v) is 5.64. The quantitative estimate of drug-likeness (QED) is 0.417. The van der Waals surface area contributed by atoms with Crippen LogP contribution in [0.5, 0.6) is 0 Å². The summed E-state index contributed by atoms with van der Waals surface area (Å²) in [5.41, 5.74) is 2.40. The molecule has 0 saturated heterocycles. The van der Waals surface area contributed by atoms with Crippen molar-refractivity contribution in [1.29, 1.82) is 0 Å². The molecule has 0 unspecified atom stereocenters. The lowest BCUT2D eigenvalue weighted by atomic mass is 10.2. The molecule has 164 valence electrons. The van der Waals surface area contributed by atoms with Crippen molar-refractivity contribution in [2.24, 2.45) is 0 Å². The van der Waals surface area contributed by atoms with Gasteiger partial charge in [-0.1, -0.05) is 60.7 Å². The molecule has 0 aliphatic rings. The fourth-order valence-corrected chi connectivity index (χ4v) is 4.02. The molecule has 0 aliphatic carbocycles. The highest BCUT2D eigenvalue weighted by molar-refractivity contribution is 5.72. The second-order valence-electron chi connectivity index (χ2n) is 7.97. The van der Waals surface area contributed by atoms with Gasteiger partial charge >= 0.3 is 5.69 Å². The number of benzene rings is 3. The van der Waals surface area contributed by atoms with Crippen LogP contribution in [0.3, 0.4) is 0 Å². The fraction of sp³-hybridized carbons (Fsp3) is 0.115. The molecule has 0 aliphatic heterocycles. The van der Waals surface area contributed by atoms with Gasteiger partial charge in [-0.2, -0.15) is 0 Å². The molecule has 0 fully saturated rings. The summed E-state index contributed by atoms with van der Waals surface area (Å²) in [6.07, 6.45) is 1.48. The average molecular weight is 440 g/mol. The van der Waals surface area contributed by atoms with E-state index >= 15 is 0 Å². The van der Waals surface area contributed by atoms with Gasteiger partial charge in [-0.3, -0.25) is 9.36 Å². The highest BCUT2D eigenvalue weighted by Gasteiger charge is 2.20. The smallest absolute Gasteiger partial charge is 0.320 e. The molecule has 0 atom stereocenters. The molecular weight excluding hydrogens is 419 g/mol. The van der Waals surface area contributed by atoms with E-state index in [9.17, 15) is 14.0 Å². The van der Waals surface area contributed by atoms with Gasteiger partial charge in [-0.25, -0.2) is 18.7 Å². The molecule has 0 spiro atoms. The number of hydrogen-bond acceptors (Lipinski definition) is 3. The van der Waals surface area contributed by atoms with Crippen LogP contribution in [0.25, 0.3) is 16.9 Å². The van der Waals surface area contributed by atoms with E-state index in [4.69, 9.17) is 0 Å². The lowest BCUT2D eigenvalue weighted by Gasteiger charge is -2.13. The summed E-state index contributed by atoms with van der Waals surface area (Å²) in [7, 11) is 0. The summed E-state index contributed by atoms with van der Waals surface area (Å²) >= 11 is 0. The predicted molar refractivity (Wildman–Crippen MR) is 125 cm³/mol. The number of hydrogen-bond donors (Lipinski definition) is 0. The first-order valence-corrected chi connectivity index (χ1v) is 10.6. The lowest BCUT2D eigenvalue weighted by Crippen LogP contribution is -2.40. The Bertz CT molecular complexity index is 1580. The SMILES string of the molecule is Cc1cccc(-n2c(=O)n(Cc3ccccc3)c(=O)c3c2ncn3Cc2ccccc2F)c1. The Kier molecular flexibility index (Phi) is 5.22. The van der Waals surface area contributed by atoms with Gasteiger partial charge in [0.1, 0.15) is 5.82 Å². The monoisotopic (exact) mass is 440 g/mol. The van der Waals surface area contributed by atoms with Crippen LogP contribution in [0.15, 0.2) is 94.8 Å². The summed E-state index contributed by atoms with van der Waals surface area (Å²) in [5, 5.41) is 0. The van der Waals surface area contributed by atoms with Crippen molar-refractivity contribution >= 4 is 11.2 Å². The molecule has 33 heavy (non-hydrogen) atoms. The van der Waals surface area contributed by atoms with E-state index in [1.165, 1.54) is 21.5 Å². The molecular formula is C26H21FN4O2. The van der Waals surface area contributed by atoms with Crippen molar-refractivity contribution in [2.45, 2.75) is 20.0 Å². The second kappa shape index (κ2) is 8.35. The molecule has 0 amide bonds. The van der Waals surface area contributed by atoms with E-state index < -0.39 is 11.2 Å². The third kappa shape index (κ3) is 3.78. The largest absolute Gasteiger partial charge is 0.337 e. The van der Waals surface area contributed by atoms with Crippen LogP contribution in [0, 0.1) is 12.7 Å². The zero-order valence-electron chi connectivity index (χ0n) is 18.0. The van der Waals surface area contributed by atoms with Crippen LogP contribution in [0.4, 0.5) is 4.39 Å². The van der Waals surface area contributed by atoms with Gasteiger partial charge in [0.2, 0.25) is 0 Å². The number of aromatic nitrogens is 4. The molecule has 5 rings (SSSR count). The van der Waals surface area contributed by atoms with E-state index in [-0.39, 0.29) is 30.1 Å². The summed E-state index contributed by atoms with van der Waals surface area (Å²) in [6, 6.07) is 23.2. The van der Waals surface area contributed by atoms with Crippen LogP contribution < -0.4 is 11.2 Å². The fourth-order valence-electron chi connectivity index (χ4n) is 4.02. The minimum absolute atomic E-state index is 0.116. The molecule has 0 radical (unpaired) electrons. The van der Waals surface area contributed by atoms with Crippen molar-refractivity contribution < 1.29 is 4.39 Å². The van der Waals surface area contributed by atoms with Crippen LogP contribution in [-0.2, 0) is 13.1 Å². The molecule has 7 heteroatoms.